The van der Waals surface area contributed by atoms with E-state index in [0.717, 1.165) is 21.7 Å². The zero-order valence-corrected chi connectivity index (χ0v) is 12.7. The van der Waals surface area contributed by atoms with Gasteiger partial charge in [0.25, 0.3) is 5.91 Å². The number of ether oxygens (including phenoxy) is 1. The summed E-state index contributed by atoms with van der Waals surface area (Å²) in [5, 5.41) is 10.2. The van der Waals surface area contributed by atoms with E-state index in [4.69, 9.17) is 4.74 Å². The lowest BCUT2D eigenvalue weighted by molar-refractivity contribution is 0.102. The Morgan fingerprint density at radius 3 is 2.86 bits per heavy atom. The van der Waals surface area contributed by atoms with Crippen LogP contribution in [-0.4, -0.2) is 28.2 Å². The van der Waals surface area contributed by atoms with E-state index in [0.29, 0.717) is 16.4 Å². The van der Waals surface area contributed by atoms with Gasteiger partial charge in [0.15, 0.2) is 5.13 Å². The number of aromatic amines is 1. The third-order valence-electron chi connectivity index (χ3n) is 3.17. The first-order valence-corrected chi connectivity index (χ1v) is 7.17. The van der Waals surface area contributed by atoms with E-state index in [1.54, 1.807) is 14.0 Å². The molecule has 0 aliphatic heterocycles. The monoisotopic (exact) mass is 302 g/mol. The van der Waals surface area contributed by atoms with Crippen molar-refractivity contribution in [1.29, 1.82) is 0 Å². The second kappa shape index (κ2) is 5.17. The molecule has 0 fully saturated rings. The summed E-state index contributed by atoms with van der Waals surface area (Å²) in [5.74, 6) is 0.565. The van der Waals surface area contributed by atoms with Crippen LogP contribution in [0.2, 0.25) is 0 Å². The van der Waals surface area contributed by atoms with Crippen molar-refractivity contribution in [2.75, 3.05) is 12.4 Å². The number of hydrogen-bond acceptors (Lipinski definition) is 5. The van der Waals surface area contributed by atoms with Gasteiger partial charge in [-0.1, -0.05) is 11.3 Å². The number of aromatic nitrogens is 3. The Morgan fingerprint density at radius 2 is 2.19 bits per heavy atom. The maximum atomic E-state index is 12.3. The molecule has 6 nitrogen and oxygen atoms in total. The largest absolute Gasteiger partial charge is 0.497 e. The first kappa shape index (κ1) is 13.6. The van der Waals surface area contributed by atoms with Crippen molar-refractivity contribution in [3.05, 3.63) is 35.2 Å². The van der Waals surface area contributed by atoms with Crippen LogP contribution in [0.5, 0.6) is 5.75 Å². The van der Waals surface area contributed by atoms with Crippen LogP contribution in [0.25, 0.3) is 10.2 Å². The molecule has 2 aromatic heterocycles. The number of H-pyrrole nitrogens is 1. The zero-order chi connectivity index (χ0) is 15.0. The number of thiazole rings is 1. The number of nitrogens with one attached hydrogen (secondary N) is 2. The minimum atomic E-state index is -0.204. The number of benzene rings is 1. The molecule has 0 saturated heterocycles. The van der Waals surface area contributed by atoms with Gasteiger partial charge in [-0.2, -0.15) is 5.10 Å². The van der Waals surface area contributed by atoms with Gasteiger partial charge in [-0.05, 0) is 32.0 Å². The second-order valence-corrected chi connectivity index (χ2v) is 5.65. The molecule has 0 bridgehead atoms. The van der Waals surface area contributed by atoms with Gasteiger partial charge in [0.05, 0.1) is 28.6 Å². The number of amides is 1. The Bertz CT molecular complexity index is 802. The lowest BCUT2D eigenvalue weighted by Crippen LogP contribution is -2.13. The van der Waals surface area contributed by atoms with E-state index < -0.39 is 0 Å². The topological polar surface area (TPSA) is 79.9 Å². The van der Waals surface area contributed by atoms with Crippen LogP contribution < -0.4 is 10.1 Å². The van der Waals surface area contributed by atoms with Crippen LogP contribution in [-0.2, 0) is 0 Å². The van der Waals surface area contributed by atoms with Crippen LogP contribution in [0.3, 0.4) is 0 Å². The van der Waals surface area contributed by atoms with Crippen molar-refractivity contribution in [3.8, 4) is 5.75 Å². The van der Waals surface area contributed by atoms with Crippen molar-refractivity contribution in [1.82, 2.24) is 15.2 Å². The number of rotatable bonds is 3. The van der Waals surface area contributed by atoms with Gasteiger partial charge >= 0.3 is 0 Å². The van der Waals surface area contributed by atoms with Crippen LogP contribution in [0.1, 0.15) is 21.7 Å². The van der Waals surface area contributed by atoms with E-state index in [1.165, 1.54) is 11.3 Å². The molecule has 3 aromatic rings. The van der Waals surface area contributed by atoms with E-state index >= 15 is 0 Å². The number of carbonyl (C=O) groups is 1. The van der Waals surface area contributed by atoms with Crippen molar-refractivity contribution in [2.24, 2.45) is 0 Å². The molecule has 108 valence electrons. The van der Waals surface area contributed by atoms with E-state index in [2.05, 4.69) is 20.5 Å². The number of anilines is 1. The summed E-state index contributed by atoms with van der Waals surface area (Å²) in [4.78, 5) is 16.7. The Hall–Kier alpha value is -2.41. The van der Waals surface area contributed by atoms with Crippen LogP contribution in [0.15, 0.2) is 18.2 Å². The number of aryl methyl sites for hydroxylation is 2. The minimum absolute atomic E-state index is 0.204. The highest BCUT2D eigenvalue weighted by Gasteiger charge is 2.17. The van der Waals surface area contributed by atoms with E-state index in [-0.39, 0.29) is 5.91 Å². The van der Waals surface area contributed by atoms with Gasteiger partial charge in [-0.25, -0.2) is 4.98 Å². The fraction of sp³-hybridized carbons (Fsp3) is 0.214. The van der Waals surface area contributed by atoms with Gasteiger partial charge in [0, 0.05) is 5.69 Å². The summed E-state index contributed by atoms with van der Waals surface area (Å²) < 4.78 is 6.15. The van der Waals surface area contributed by atoms with Crippen molar-refractivity contribution >= 4 is 32.6 Å². The molecule has 0 unspecified atom stereocenters. The molecule has 1 aromatic carbocycles. The normalized spacial score (nSPS) is 10.8. The molecule has 0 aliphatic carbocycles. The highest BCUT2D eigenvalue weighted by molar-refractivity contribution is 7.22. The predicted octanol–water partition coefficient (Wildman–Crippen LogP) is 2.90. The smallest absolute Gasteiger partial charge is 0.261 e. The third-order valence-corrected chi connectivity index (χ3v) is 4.10. The van der Waals surface area contributed by atoms with Crippen LogP contribution in [0, 0.1) is 13.8 Å². The second-order valence-electron chi connectivity index (χ2n) is 4.62. The number of nitrogens with zero attached hydrogens (tertiary/aromatic N) is 2. The fourth-order valence-corrected chi connectivity index (χ4v) is 3.02. The van der Waals surface area contributed by atoms with Gasteiger partial charge in [0.2, 0.25) is 0 Å². The molecular weight excluding hydrogens is 288 g/mol. The number of methoxy groups -OCH3 is 1. The SMILES string of the molecule is COc1ccc2nc(NC(=O)c3c(C)n[nH]c3C)sc2c1. The van der Waals surface area contributed by atoms with Gasteiger partial charge < -0.3 is 4.74 Å². The van der Waals surface area contributed by atoms with Crippen molar-refractivity contribution in [2.45, 2.75) is 13.8 Å². The molecule has 0 saturated carbocycles. The van der Waals surface area contributed by atoms with Crippen LogP contribution in [0.4, 0.5) is 5.13 Å². The molecule has 0 aliphatic rings. The van der Waals surface area contributed by atoms with Gasteiger partial charge in [-0.3, -0.25) is 15.2 Å². The van der Waals surface area contributed by atoms with Gasteiger partial charge in [0.1, 0.15) is 5.75 Å². The molecular formula is C14H14N4O2S. The number of carbonyl (C=O) groups excluding carboxylic acids is 1. The lowest BCUT2D eigenvalue weighted by Gasteiger charge is -2.00. The Kier molecular flexibility index (Phi) is 3.34. The standard InChI is InChI=1S/C14H14N4O2S/c1-7-12(8(2)18-17-7)13(19)16-14-15-10-5-4-9(20-3)6-11(10)21-14/h4-6H,1-3H3,(H,17,18)(H,15,16,19). The predicted molar refractivity (Wildman–Crippen MR) is 82.2 cm³/mol. The molecule has 0 atom stereocenters. The highest BCUT2D eigenvalue weighted by Crippen LogP contribution is 2.29. The summed E-state index contributed by atoms with van der Waals surface area (Å²) in [7, 11) is 1.62. The first-order valence-electron chi connectivity index (χ1n) is 6.36. The average Bonchev–Trinajstić information content (AvgIpc) is 3.00. The van der Waals surface area contributed by atoms with Crippen molar-refractivity contribution < 1.29 is 9.53 Å². The molecule has 2 N–H and O–H groups in total. The number of fused-ring (bicyclic) bond motifs is 1. The average molecular weight is 302 g/mol. The van der Waals surface area contributed by atoms with Gasteiger partial charge in [-0.15, -0.1) is 0 Å². The van der Waals surface area contributed by atoms with Crippen molar-refractivity contribution in [3.63, 3.8) is 0 Å². The summed E-state index contributed by atoms with van der Waals surface area (Å²) in [6.45, 7) is 3.61. The molecule has 0 radical (unpaired) electrons. The summed E-state index contributed by atoms with van der Waals surface area (Å²) >= 11 is 1.41. The Labute approximate surface area is 125 Å². The van der Waals surface area contributed by atoms with E-state index in [9.17, 15) is 4.79 Å². The van der Waals surface area contributed by atoms with E-state index in [1.807, 2.05) is 25.1 Å². The zero-order valence-electron chi connectivity index (χ0n) is 11.9. The molecule has 0 spiro atoms. The molecule has 1 amide bonds. The Morgan fingerprint density at radius 1 is 1.38 bits per heavy atom. The maximum Gasteiger partial charge on any atom is 0.261 e. The highest BCUT2D eigenvalue weighted by atomic mass is 32.1. The molecule has 21 heavy (non-hydrogen) atoms. The van der Waals surface area contributed by atoms with Crippen LogP contribution >= 0.6 is 11.3 Å². The quantitative estimate of drug-likeness (QED) is 0.779. The summed E-state index contributed by atoms with van der Waals surface area (Å²) in [5.41, 5.74) is 2.81. The number of hydrogen-bond donors (Lipinski definition) is 2. The first-order chi connectivity index (χ1) is 10.1. The summed E-state index contributed by atoms with van der Waals surface area (Å²) in [6.07, 6.45) is 0. The molecule has 7 heteroatoms. The third kappa shape index (κ3) is 2.47. The molecule has 2 heterocycles. The lowest BCUT2D eigenvalue weighted by atomic mass is 10.2. The fourth-order valence-electron chi connectivity index (χ4n) is 2.13. The Balaban J connectivity index is 1.89. The summed E-state index contributed by atoms with van der Waals surface area (Å²) in [6, 6.07) is 5.61. The molecule has 3 rings (SSSR count). The maximum absolute atomic E-state index is 12.3. The minimum Gasteiger partial charge on any atom is -0.497 e.